The molecule has 8 heteroatoms. The van der Waals surface area contributed by atoms with E-state index in [1.807, 2.05) is 0 Å². The van der Waals surface area contributed by atoms with Crippen LogP contribution in [0.1, 0.15) is 28.6 Å². The fourth-order valence-corrected chi connectivity index (χ4v) is 3.74. The summed E-state index contributed by atoms with van der Waals surface area (Å²) in [7, 11) is 0. The second kappa shape index (κ2) is 6.52. The molecule has 24 heavy (non-hydrogen) atoms. The standard InChI is InChI=1S/C16H16F3N3OS/c1-10(23)20-15-21-13-6-7-22(9-14(13)24-15)8-11-2-4-12(5-3-11)16(17,18)19/h2-5H,6-9H2,1H3,(H,20,21,23). The molecule has 0 aliphatic carbocycles. The zero-order valence-electron chi connectivity index (χ0n) is 13.0. The highest BCUT2D eigenvalue weighted by Crippen LogP contribution is 2.31. The van der Waals surface area contributed by atoms with E-state index in [0.29, 0.717) is 18.2 Å². The Hall–Kier alpha value is -1.93. The second-order valence-electron chi connectivity index (χ2n) is 5.73. The van der Waals surface area contributed by atoms with Crippen molar-refractivity contribution in [1.82, 2.24) is 9.88 Å². The van der Waals surface area contributed by atoms with Crippen molar-refractivity contribution in [2.24, 2.45) is 0 Å². The molecule has 128 valence electrons. The van der Waals surface area contributed by atoms with E-state index < -0.39 is 11.7 Å². The van der Waals surface area contributed by atoms with E-state index in [1.165, 1.54) is 30.4 Å². The van der Waals surface area contributed by atoms with Crippen molar-refractivity contribution < 1.29 is 18.0 Å². The van der Waals surface area contributed by atoms with Crippen molar-refractivity contribution in [1.29, 1.82) is 0 Å². The highest BCUT2D eigenvalue weighted by molar-refractivity contribution is 7.15. The van der Waals surface area contributed by atoms with Gasteiger partial charge in [-0.25, -0.2) is 4.98 Å². The molecule has 0 saturated carbocycles. The molecule has 0 saturated heterocycles. The molecule has 0 atom stereocenters. The van der Waals surface area contributed by atoms with Crippen LogP contribution in [0.4, 0.5) is 18.3 Å². The molecule has 0 unspecified atom stereocenters. The van der Waals surface area contributed by atoms with Gasteiger partial charge in [0.05, 0.1) is 11.3 Å². The van der Waals surface area contributed by atoms with Crippen LogP contribution in [0, 0.1) is 0 Å². The van der Waals surface area contributed by atoms with Crippen LogP contribution in [0.2, 0.25) is 0 Å². The number of hydrogen-bond donors (Lipinski definition) is 1. The lowest BCUT2D eigenvalue weighted by atomic mass is 10.1. The molecule has 0 fully saturated rings. The zero-order chi connectivity index (χ0) is 17.3. The van der Waals surface area contributed by atoms with Gasteiger partial charge in [0.15, 0.2) is 5.13 Å². The normalized spacial score (nSPS) is 15.2. The molecule has 1 amide bonds. The van der Waals surface area contributed by atoms with Crippen LogP contribution in [0.15, 0.2) is 24.3 Å². The van der Waals surface area contributed by atoms with Gasteiger partial charge in [0.25, 0.3) is 0 Å². The Bertz CT molecular complexity index is 740. The van der Waals surface area contributed by atoms with Crippen molar-refractivity contribution >= 4 is 22.4 Å². The zero-order valence-corrected chi connectivity index (χ0v) is 13.8. The number of nitrogens with zero attached hydrogens (tertiary/aromatic N) is 2. The van der Waals surface area contributed by atoms with Gasteiger partial charge in [0.2, 0.25) is 5.91 Å². The van der Waals surface area contributed by atoms with E-state index in [-0.39, 0.29) is 5.91 Å². The molecule has 0 spiro atoms. The summed E-state index contributed by atoms with van der Waals surface area (Å²) in [5, 5.41) is 3.29. The fourth-order valence-electron chi connectivity index (χ4n) is 2.64. The van der Waals surface area contributed by atoms with Crippen LogP contribution < -0.4 is 5.32 Å². The molecule has 1 aromatic heterocycles. The number of anilines is 1. The summed E-state index contributed by atoms with van der Waals surface area (Å²) in [6.07, 6.45) is -3.53. The van der Waals surface area contributed by atoms with Crippen molar-refractivity contribution in [3.8, 4) is 0 Å². The van der Waals surface area contributed by atoms with Crippen molar-refractivity contribution in [3.63, 3.8) is 0 Å². The third kappa shape index (κ3) is 3.93. The van der Waals surface area contributed by atoms with Crippen molar-refractivity contribution in [3.05, 3.63) is 46.0 Å². The highest BCUT2D eigenvalue weighted by Gasteiger charge is 2.30. The molecule has 2 heterocycles. The van der Waals surface area contributed by atoms with Crippen LogP contribution in [0.25, 0.3) is 0 Å². The number of alkyl halides is 3. The Morgan fingerprint density at radius 2 is 2.04 bits per heavy atom. The molecule has 3 rings (SSSR count). The van der Waals surface area contributed by atoms with Crippen LogP contribution >= 0.6 is 11.3 Å². The van der Waals surface area contributed by atoms with E-state index in [2.05, 4.69) is 15.2 Å². The van der Waals surface area contributed by atoms with E-state index in [9.17, 15) is 18.0 Å². The number of rotatable bonds is 3. The molecule has 4 nitrogen and oxygen atoms in total. The third-order valence-electron chi connectivity index (χ3n) is 3.78. The summed E-state index contributed by atoms with van der Waals surface area (Å²) < 4.78 is 37.8. The van der Waals surface area contributed by atoms with Gasteiger partial charge in [-0.2, -0.15) is 13.2 Å². The van der Waals surface area contributed by atoms with E-state index in [4.69, 9.17) is 0 Å². The summed E-state index contributed by atoms with van der Waals surface area (Å²) >= 11 is 1.45. The summed E-state index contributed by atoms with van der Waals surface area (Å²) in [6, 6.07) is 5.28. The maximum Gasteiger partial charge on any atom is 0.416 e. The summed E-state index contributed by atoms with van der Waals surface area (Å²) in [5.74, 6) is -0.150. The predicted molar refractivity (Wildman–Crippen MR) is 85.7 cm³/mol. The van der Waals surface area contributed by atoms with Crippen molar-refractivity contribution in [2.75, 3.05) is 11.9 Å². The van der Waals surface area contributed by atoms with Crippen LogP contribution in [-0.4, -0.2) is 22.3 Å². The van der Waals surface area contributed by atoms with Gasteiger partial charge in [-0.3, -0.25) is 9.69 Å². The van der Waals surface area contributed by atoms with Gasteiger partial charge in [0.1, 0.15) is 0 Å². The fraction of sp³-hybridized carbons (Fsp3) is 0.375. The summed E-state index contributed by atoms with van der Waals surface area (Å²) in [6.45, 7) is 3.51. The summed E-state index contributed by atoms with van der Waals surface area (Å²) in [5.41, 5.74) is 1.21. The lowest BCUT2D eigenvalue weighted by Crippen LogP contribution is -2.29. The van der Waals surface area contributed by atoms with Gasteiger partial charge < -0.3 is 5.32 Å². The van der Waals surface area contributed by atoms with Gasteiger partial charge in [-0.1, -0.05) is 12.1 Å². The Labute approximate surface area is 141 Å². The summed E-state index contributed by atoms with van der Waals surface area (Å²) in [4.78, 5) is 18.8. The predicted octanol–water partition coefficient (Wildman–Crippen LogP) is 3.68. The minimum absolute atomic E-state index is 0.150. The SMILES string of the molecule is CC(=O)Nc1nc2c(s1)CN(Cc1ccc(C(F)(F)F)cc1)CC2. The number of hydrogen-bond acceptors (Lipinski definition) is 4. The Kier molecular flexibility index (Phi) is 4.60. The number of thiazole rings is 1. The van der Waals surface area contributed by atoms with Crippen molar-refractivity contribution in [2.45, 2.75) is 32.6 Å². The first-order valence-electron chi connectivity index (χ1n) is 7.46. The second-order valence-corrected chi connectivity index (χ2v) is 6.81. The minimum Gasteiger partial charge on any atom is -0.302 e. The smallest absolute Gasteiger partial charge is 0.302 e. The topological polar surface area (TPSA) is 45.2 Å². The number of benzene rings is 1. The molecule has 1 aliphatic heterocycles. The maximum atomic E-state index is 12.6. The van der Waals surface area contributed by atoms with Crippen LogP contribution in [-0.2, 0) is 30.5 Å². The molecular weight excluding hydrogens is 339 g/mol. The number of fused-ring (bicyclic) bond motifs is 1. The number of carbonyl (C=O) groups is 1. The minimum atomic E-state index is -4.30. The lowest BCUT2D eigenvalue weighted by molar-refractivity contribution is -0.137. The monoisotopic (exact) mass is 355 g/mol. The Morgan fingerprint density at radius 1 is 1.33 bits per heavy atom. The highest BCUT2D eigenvalue weighted by atomic mass is 32.1. The van der Waals surface area contributed by atoms with Gasteiger partial charge in [0, 0.05) is 37.9 Å². The van der Waals surface area contributed by atoms with Gasteiger partial charge in [-0.05, 0) is 17.7 Å². The molecule has 0 bridgehead atoms. The molecule has 0 radical (unpaired) electrons. The maximum absolute atomic E-state index is 12.6. The molecule has 1 aliphatic rings. The van der Waals surface area contributed by atoms with E-state index >= 15 is 0 Å². The van der Waals surface area contributed by atoms with E-state index in [0.717, 1.165) is 41.2 Å². The Balaban J connectivity index is 1.65. The van der Waals surface area contributed by atoms with E-state index in [1.54, 1.807) is 0 Å². The lowest BCUT2D eigenvalue weighted by Gasteiger charge is -2.25. The molecular formula is C16H16F3N3OS. The first-order valence-corrected chi connectivity index (χ1v) is 8.27. The molecule has 1 N–H and O–H groups in total. The Morgan fingerprint density at radius 3 is 2.67 bits per heavy atom. The number of aromatic nitrogens is 1. The third-order valence-corrected chi connectivity index (χ3v) is 4.78. The van der Waals surface area contributed by atoms with Crippen LogP contribution in [0.5, 0.6) is 0 Å². The first kappa shape index (κ1) is 16.9. The average Bonchev–Trinajstić information content (AvgIpc) is 2.87. The molecule has 2 aromatic rings. The number of nitrogens with one attached hydrogen (secondary N) is 1. The average molecular weight is 355 g/mol. The largest absolute Gasteiger partial charge is 0.416 e. The number of halogens is 3. The van der Waals surface area contributed by atoms with Gasteiger partial charge >= 0.3 is 6.18 Å². The first-order chi connectivity index (χ1) is 11.3. The van der Waals surface area contributed by atoms with Crippen LogP contribution in [0.3, 0.4) is 0 Å². The van der Waals surface area contributed by atoms with Gasteiger partial charge in [-0.15, -0.1) is 11.3 Å². The number of carbonyl (C=O) groups excluding carboxylic acids is 1. The quantitative estimate of drug-likeness (QED) is 0.914. The number of amides is 1. The molecule has 1 aromatic carbocycles.